The predicted octanol–water partition coefficient (Wildman–Crippen LogP) is 28.3. The first-order valence-corrected chi connectivity index (χ1v) is 51.3. The van der Waals surface area contributed by atoms with Crippen LogP contribution >= 0.6 is 0 Å². The summed E-state index contributed by atoms with van der Waals surface area (Å²) in [5.74, 6) is -4.97. The number of esters is 10. The molecule has 4 bridgehead atoms. The van der Waals surface area contributed by atoms with E-state index in [2.05, 4.69) is 62.7 Å². The molecule has 818 valence electrons. The second kappa shape index (κ2) is 56.2. The minimum Gasteiger partial charge on any atom is -0.465 e. The van der Waals surface area contributed by atoms with Gasteiger partial charge in [0.25, 0.3) is 0 Å². The fraction of sp³-hybridized carbons (Fsp3) is 0.853. The number of carbonyl (C=O) groups is 10. The van der Waals surface area contributed by atoms with Crippen molar-refractivity contribution in [1.82, 2.24) is 0 Å². The predicted molar refractivity (Wildman–Crippen MR) is 527 cm³/mol. The number of cyclic esters (lactones) is 1. The van der Waals surface area contributed by atoms with E-state index < -0.39 is 105 Å². The van der Waals surface area contributed by atoms with Crippen molar-refractivity contribution in [2.75, 3.05) is 13.2 Å². The second-order valence-electron chi connectivity index (χ2n) is 46.2. The van der Waals surface area contributed by atoms with Crippen LogP contribution in [0.15, 0.2) is 24.3 Å². The van der Waals surface area contributed by atoms with Gasteiger partial charge in [0.05, 0.1) is 67.5 Å². The number of alkyl halides is 9. The zero-order chi connectivity index (χ0) is 110. The van der Waals surface area contributed by atoms with Crippen molar-refractivity contribution >= 4 is 59.7 Å². The van der Waals surface area contributed by atoms with Crippen molar-refractivity contribution in [3.8, 4) is 5.75 Å². The molecule has 0 spiro atoms. The average molecular weight is 2020 g/mol. The lowest BCUT2D eigenvalue weighted by Gasteiger charge is -2.59. The highest BCUT2D eigenvalue weighted by molar-refractivity contribution is 5.83. The van der Waals surface area contributed by atoms with Crippen LogP contribution in [0.1, 0.15) is 454 Å². The van der Waals surface area contributed by atoms with Crippen LogP contribution in [-0.4, -0.2) is 148 Å². The average Bonchev–Trinajstić information content (AvgIpc) is 0.742. The number of carbonyl (C=O) groups excluding carboxylic acids is 10. The Labute approximate surface area is 835 Å². The summed E-state index contributed by atoms with van der Waals surface area (Å²) >= 11 is 0. The SMILES string of the molecule is CCC(C)(C)C(=O)OC(C)(O)C(F)(F)F.CCC(C)(C)C(=O)OC(C)C(F)(F)F.CCC(C)(C)C(=O)OC(C)C(F)(F)F.CCC(C)(C)C(=O)OC12CC3CC(CC(O)(C3)C1)C2.CCC(C)(C)C(=O)OC1CCOC1=O.CCC(C)(C)C(=O)Oc1ccc(C(C)(C)C)cc1.CCC1(OC(=O)C(C)(C)CC)CCCC1.CCC1(OC(=O)C(C)(C)CC)CCCC1.CCCCC(CC)COC(=O)C(C)(C)CC. The topological polar surface area (TPSA) is 303 Å². The summed E-state index contributed by atoms with van der Waals surface area (Å²) in [6, 6.07) is 7.76. The van der Waals surface area contributed by atoms with E-state index in [4.69, 9.17) is 38.3 Å². The van der Waals surface area contributed by atoms with Gasteiger partial charge in [-0.1, -0.05) is 142 Å². The van der Waals surface area contributed by atoms with Crippen LogP contribution in [-0.2, 0) is 96.0 Å². The minimum absolute atomic E-state index is 0.0197. The van der Waals surface area contributed by atoms with Crippen LogP contribution in [0.3, 0.4) is 0 Å². The molecule has 7 fully saturated rings. The molecule has 6 aliphatic carbocycles. The van der Waals surface area contributed by atoms with Crippen molar-refractivity contribution in [3.63, 3.8) is 0 Å². The van der Waals surface area contributed by atoms with E-state index in [1.165, 1.54) is 70.8 Å². The van der Waals surface area contributed by atoms with Crippen molar-refractivity contribution in [2.45, 2.75) is 519 Å². The van der Waals surface area contributed by atoms with Crippen LogP contribution in [0.25, 0.3) is 0 Å². The summed E-state index contributed by atoms with van der Waals surface area (Å²) in [7, 11) is 0. The number of benzene rings is 1. The van der Waals surface area contributed by atoms with Gasteiger partial charge >= 0.3 is 84.0 Å². The van der Waals surface area contributed by atoms with Gasteiger partial charge in [0.15, 0.2) is 12.2 Å². The molecule has 7 aliphatic rings. The fourth-order valence-electron chi connectivity index (χ4n) is 14.2. The number of hydrogen-bond acceptors (Lipinski definition) is 22. The first-order chi connectivity index (χ1) is 63.4. The van der Waals surface area contributed by atoms with E-state index >= 15 is 0 Å². The molecule has 22 nitrogen and oxygen atoms in total. The van der Waals surface area contributed by atoms with Crippen molar-refractivity contribution in [3.05, 3.63) is 29.8 Å². The molecular weight excluding hydrogens is 1830 g/mol. The van der Waals surface area contributed by atoms with Crippen LogP contribution in [0.2, 0.25) is 0 Å². The van der Waals surface area contributed by atoms with Gasteiger partial charge in [-0.05, 0) is 340 Å². The Hall–Kier alpha value is -6.79. The lowest BCUT2D eigenvalue weighted by atomic mass is 9.52. The number of hydrogen-bond donors (Lipinski definition) is 2. The van der Waals surface area contributed by atoms with Gasteiger partial charge in [-0.2, -0.15) is 39.5 Å². The van der Waals surface area contributed by atoms with Gasteiger partial charge in [0.1, 0.15) is 22.6 Å². The van der Waals surface area contributed by atoms with Crippen LogP contribution in [0.5, 0.6) is 5.75 Å². The molecule has 0 amide bonds. The second-order valence-corrected chi connectivity index (χ2v) is 46.2. The molecule has 7 unspecified atom stereocenters. The first kappa shape index (κ1) is 135. The smallest absolute Gasteiger partial charge is 0.455 e. The van der Waals surface area contributed by atoms with Crippen molar-refractivity contribution < 1.29 is 145 Å². The Kier molecular flexibility index (Phi) is 54.3. The Morgan fingerprint density at radius 3 is 1.06 bits per heavy atom. The van der Waals surface area contributed by atoms with Crippen LogP contribution < -0.4 is 4.74 Å². The standard InChI is InChI=1S/C16H26O3.C16H24O2.C14H28O2.2C13H24O2.C10H16O4.C9H15F3O3.2C9H15F3O2/c1-4-14(2,3)13(17)19-16-8-11-5-12(9-16)7-15(18,6-11)10-16;1-7-16(5,6)14(17)18-13-10-8-12(9-11-13)15(2,3)4;1-6-9-10-12(7-2)11-16-13(15)14(4,5)8-3;2*1-5-12(3,4)11(14)15-13(6-2)9-7-8-10-13;1-4-10(2,3)9(12)14-7-5-6-13-8(7)11;1-5-7(2,3)6(13)15-8(4,14)9(10,11)12;2*1-5-8(3,4)7(13)14-6(2)9(10,11)12/h11-12,18H,4-10H2,1-3H3;8-11H,7H2,1-6H3;12H,6-11H2,1-5H3;2*5-10H2,1-4H3;7H,4-6H2,1-3H3;14H,5H2,1-4H3;2*6H,5H2,1-4H3. The molecule has 0 aromatic heterocycles. The molecule has 1 saturated heterocycles. The molecule has 140 heavy (non-hydrogen) atoms. The Morgan fingerprint density at radius 1 is 0.436 bits per heavy atom. The maximum atomic E-state index is 12.4. The molecule has 7 atom stereocenters. The molecule has 1 aliphatic heterocycles. The number of rotatable bonds is 34. The molecule has 1 aromatic rings. The highest BCUT2D eigenvalue weighted by Crippen LogP contribution is 2.59. The number of aliphatic hydroxyl groups is 2. The number of unbranched alkanes of at least 4 members (excludes halogenated alkanes) is 1. The maximum Gasteiger partial charge on any atom is 0.455 e. The summed E-state index contributed by atoms with van der Waals surface area (Å²) < 4.78 is 159. The number of halogens is 9. The molecule has 2 N–H and O–H groups in total. The normalized spacial score (nSPS) is 20.5. The number of ether oxygens (including phenoxy) is 10. The Morgan fingerprint density at radius 2 is 0.764 bits per heavy atom. The van der Waals surface area contributed by atoms with Gasteiger partial charge in [-0.15, -0.1) is 0 Å². The van der Waals surface area contributed by atoms with Gasteiger partial charge in [0, 0.05) is 19.8 Å². The molecule has 31 heteroatoms. The van der Waals surface area contributed by atoms with Crippen LogP contribution in [0, 0.1) is 66.5 Å². The molecule has 6 saturated carbocycles. The lowest BCUT2D eigenvalue weighted by molar-refractivity contribution is -0.345. The fourth-order valence-corrected chi connectivity index (χ4v) is 14.2. The van der Waals surface area contributed by atoms with E-state index in [9.17, 15) is 92.6 Å². The largest absolute Gasteiger partial charge is 0.465 e. The highest BCUT2D eigenvalue weighted by atomic mass is 19.4. The highest BCUT2D eigenvalue weighted by Gasteiger charge is 2.60. The minimum atomic E-state index is -4.99. The van der Waals surface area contributed by atoms with Gasteiger partial charge in [0.2, 0.25) is 6.10 Å². The first-order valence-electron chi connectivity index (χ1n) is 51.3. The summed E-state index contributed by atoms with van der Waals surface area (Å²) in [4.78, 5) is 116. The molecular formula is C109H187F9O22. The third-order valence-electron chi connectivity index (χ3n) is 29.5. The zero-order valence-electron chi connectivity index (χ0n) is 92.9. The Bertz CT molecular complexity index is 3790. The van der Waals surface area contributed by atoms with E-state index in [1.807, 2.05) is 135 Å². The third-order valence-corrected chi connectivity index (χ3v) is 29.5. The van der Waals surface area contributed by atoms with Crippen molar-refractivity contribution in [2.24, 2.45) is 66.5 Å². The summed E-state index contributed by atoms with van der Waals surface area (Å²) in [5.41, 5.74) is -4.96. The molecule has 1 aromatic carbocycles. The van der Waals surface area contributed by atoms with Crippen LogP contribution in [0.4, 0.5) is 39.5 Å². The zero-order valence-corrected chi connectivity index (χ0v) is 92.9. The summed E-state index contributed by atoms with van der Waals surface area (Å²) in [6.07, 6.45) is 9.00. The lowest BCUT2D eigenvalue weighted by Crippen LogP contribution is -2.61. The summed E-state index contributed by atoms with van der Waals surface area (Å²) in [6.45, 7) is 67.4. The Balaban J connectivity index is 0. The van der Waals surface area contributed by atoms with E-state index in [0.717, 1.165) is 117 Å². The van der Waals surface area contributed by atoms with E-state index in [1.54, 1.807) is 62.3 Å². The molecule has 0 radical (unpaired) electrons. The van der Waals surface area contributed by atoms with Gasteiger partial charge in [-0.3, -0.25) is 43.2 Å². The van der Waals surface area contributed by atoms with E-state index in [0.29, 0.717) is 82.2 Å². The van der Waals surface area contributed by atoms with E-state index in [-0.39, 0.29) is 74.3 Å². The molecule has 8 rings (SSSR count). The molecule has 1 heterocycles. The van der Waals surface area contributed by atoms with Crippen molar-refractivity contribution in [1.29, 1.82) is 0 Å². The third kappa shape index (κ3) is 45.1. The quantitative estimate of drug-likeness (QED) is 0.0213. The maximum absolute atomic E-state index is 12.4. The summed E-state index contributed by atoms with van der Waals surface area (Å²) in [5, 5.41) is 19.6. The van der Waals surface area contributed by atoms with Gasteiger partial charge in [-0.25, -0.2) is 4.79 Å². The van der Waals surface area contributed by atoms with Gasteiger partial charge < -0.3 is 57.6 Å². The monoisotopic (exact) mass is 2020 g/mol.